The molecule has 0 bridgehead atoms. The van der Waals surface area contributed by atoms with Crippen molar-refractivity contribution in [2.75, 3.05) is 19.6 Å². The normalized spacial score (nSPS) is 23.6. The van der Waals surface area contributed by atoms with Crippen molar-refractivity contribution in [2.45, 2.75) is 101 Å². The number of sulfonamides is 1. The van der Waals surface area contributed by atoms with Gasteiger partial charge in [0, 0.05) is 44.4 Å². The third-order valence-corrected chi connectivity index (χ3v) is 10.7. The quantitative estimate of drug-likeness (QED) is 0.483. The molecule has 1 amide bonds. The number of halogens is 2. The van der Waals surface area contributed by atoms with Crippen LogP contribution in [0, 0.1) is 17.8 Å². The summed E-state index contributed by atoms with van der Waals surface area (Å²) < 4.78 is 58.4. The molecule has 5 rings (SSSR count). The van der Waals surface area contributed by atoms with Gasteiger partial charge in [0.05, 0.1) is 21.8 Å². The molecule has 216 valence electrons. The van der Waals surface area contributed by atoms with E-state index in [0.717, 1.165) is 24.2 Å². The van der Waals surface area contributed by atoms with Crippen molar-refractivity contribution in [1.29, 1.82) is 0 Å². The number of nitrogens with zero attached hydrogens (tertiary/aromatic N) is 3. The smallest absolute Gasteiger partial charge is 0.248 e. The lowest BCUT2D eigenvalue weighted by molar-refractivity contribution is -0.126. The topological polar surface area (TPSA) is 84.3 Å². The van der Waals surface area contributed by atoms with E-state index in [4.69, 9.17) is 4.98 Å². The van der Waals surface area contributed by atoms with Gasteiger partial charge in [0.1, 0.15) is 5.82 Å². The fourth-order valence-electron chi connectivity index (χ4n) is 6.18. The molecule has 2 heterocycles. The van der Waals surface area contributed by atoms with Crippen LogP contribution in [0.5, 0.6) is 0 Å². The van der Waals surface area contributed by atoms with E-state index in [0.29, 0.717) is 56.8 Å². The van der Waals surface area contributed by atoms with E-state index in [2.05, 4.69) is 30.7 Å². The first kappa shape index (κ1) is 28.5. The monoisotopic (exact) mass is 564 g/mol. The molecule has 3 aliphatic rings. The Hall–Kier alpha value is -2.07. The summed E-state index contributed by atoms with van der Waals surface area (Å²) in [6, 6.07) is 5.05. The lowest BCUT2D eigenvalue weighted by atomic mass is 9.85. The predicted molar refractivity (Wildman–Crippen MR) is 147 cm³/mol. The molecular weight excluding hydrogens is 522 g/mol. The first-order valence-corrected chi connectivity index (χ1v) is 15.9. The molecule has 0 radical (unpaired) electrons. The van der Waals surface area contributed by atoms with Gasteiger partial charge >= 0.3 is 0 Å². The number of imidazole rings is 1. The van der Waals surface area contributed by atoms with E-state index >= 15 is 0 Å². The number of benzene rings is 1. The molecule has 2 aromatic rings. The molecule has 1 atom stereocenters. The highest BCUT2D eigenvalue weighted by Crippen LogP contribution is 2.38. The summed E-state index contributed by atoms with van der Waals surface area (Å²) in [5.41, 5.74) is 1.11. The molecule has 7 nitrogen and oxygen atoms in total. The number of amides is 1. The first-order valence-electron chi connectivity index (χ1n) is 14.5. The van der Waals surface area contributed by atoms with Crippen LogP contribution in [0.3, 0.4) is 0 Å². The number of fused-ring (bicyclic) bond motifs is 1. The Balaban J connectivity index is 1.36. The molecule has 1 aromatic heterocycles. The maximum absolute atomic E-state index is 13.7. The maximum Gasteiger partial charge on any atom is 0.248 e. The van der Waals surface area contributed by atoms with Gasteiger partial charge in [0.2, 0.25) is 21.9 Å². The minimum absolute atomic E-state index is 0.0497. The Bertz CT molecular complexity index is 1300. The van der Waals surface area contributed by atoms with Crippen LogP contribution in [-0.2, 0) is 26.8 Å². The third-order valence-electron chi connectivity index (χ3n) is 8.85. The molecule has 1 N–H and O–H groups in total. The predicted octanol–water partition coefficient (Wildman–Crippen LogP) is 5.48. The van der Waals surface area contributed by atoms with Gasteiger partial charge in [-0.25, -0.2) is 22.2 Å². The first-order chi connectivity index (χ1) is 18.3. The highest BCUT2D eigenvalue weighted by Gasteiger charge is 2.37. The van der Waals surface area contributed by atoms with Crippen LogP contribution >= 0.6 is 0 Å². The Labute approximate surface area is 230 Å². The molecule has 3 fully saturated rings. The van der Waals surface area contributed by atoms with E-state index in [9.17, 15) is 22.0 Å². The van der Waals surface area contributed by atoms with E-state index in [1.807, 2.05) is 0 Å². The summed E-state index contributed by atoms with van der Waals surface area (Å²) in [6.07, 6.45) is 5.60. The van der Waals surface area contributed by atoms with Crippen molar-refractivity contribution in [3.63, 3.8) is 0 Å². The van der Waals surface area contributed by atoms with E-state index in [-0.39, 0.29) is 47.4 Å². The van der Waals surface area contributed by atoms with E-state index < -0.39 is 15.9 Å². The van der Waals surface area contributed by atoms with Gasteiger partial charge in [0.15, 0.2) is 0 Å². The number of hydrogen-bond acceptors (Lipinski definition) is 4. The maximum atomic E-state index is 13.7. The fraction of sp³-hybridized carbons (Fsp3) is 0.724. The van der Waals surface area contributed by atoms with Gasteiger partial charge in [0.25, 0.3) is 0 Å². The van der Waals surface area contributed by atoms with Crippen LogP contribution in [0.15, 0.2) is 23.1 Å². The van der Waals surface area contributed by atoms with Gasteiger partial charge in [-0.3, -0.25) is 4.79 Å². The average molecular weight is 565 g/mol. The van der Waals surface area contributed by atoms with Gasteiger partial charge in [-0.15, -0.1) is 0 Å². The van der Waals surface area contributed by atoms with Crippen LogP contribution in [0.2, 0.25) is 0 Å². The Morgan fingerprint density at radius 2 is 1.79 bits per heavy atom. The number of carbonyl (C=O) groups is 1. The van der Waals surface area contributed by atoms with Crippen molar-refractivity contribution < 1.29 is 22.0 Å². The summed E-state index contributed by atoms with van der Waals surface area (Å²) in [4.78, 5) is 17.8. The lowest BCUT2D eigenvalue weighted by Crippen LogP contribution is -2.46. The second kappa shape index (κ2) is 10.7. The zero-order valence-corrected chi connectivity index (χ0v) is 24.2. The van der Waals surface area contributed by atoms with Gasteiger partial charge < -0.3 is 9.88 Å². The van der Waals surface area contributed by atoms with Crippen molar-refractivity contribution in [3.8, 4) is 0 Å². The second-order valence-electron chi connectivity index (χ2n) is 13.0. The number of hydrogen-bond donors (Lipinski definition) is 1. The summed E-state index contributed by atoms with van der Waals surface area (Å²) in [5.74, 6) is -1.45. The molecule has 1 aromatic carbocycles. The molecule has 2 aliphatic carbocycles. The molecule has 0 spiro atoms. The summed E-state index contributed by atoms with van der Waals surface area (Å²) in [7, 11) is -3.80. The van der Waals surface area contributed by atoms with Crippen LogP contribution < -0.4 is 5.32 Å². The Morgan fingerprint density at radius 1 is 1.08 bits per heavy atom. The summed E-state index contributed by atoms with van der Waals surface area (Å²) in [6.45, 7) is 8.02. The van der Waals surface area contributed by atoms with Gasteiger partial charge in [-0.2, -0.15) is 4.31 Å². The number of rotatable bonds is 7. The SMILES string of the molecule is CC(C)(C)c1nc2cc(S(=O)(=O)N3CCC[C@H](C(=O)NCC4CCC4)C3)ccc2n1CC1CCC(F)(F)CC1. The van der Waals surface area contributed by atoms with Crippen LogP contribution in [0.1, 0.15) is 84.4 Å². The molecule has 0 unspecified atom stereocenters. The Kier molecular flexibility index (Phi) is 7.83. The molecule has 1 saturated heterocycles. The van der Waals surface area contributed by atoms with Crippen molar-refractivity contribution in [2.24, 2.45) is 17.8 Å². The highest BCUT2D eigenvalue weighted by atomic mass is 32.2. The zero-order valence-electron chi connectivity index (χ0n) is 23.4. The van der Waals surface area contributed by atoms with Crippen LogP contribution in [0.25, 0.3) is 11.0 Å². The van der Waals surface area contributed by atoms with Gasteiger partial charge in [-0.1, -0.05) is 27.2 Å². The number of carbonyl (C=O) groups excluding carboxylic acids is 1. The second-order valence-corrected chi connectivity index (χ2v) is 14.9. The average Bonchev–Trinajstić information content (AvgIpc) is 3.22. The molecular formula is C29H42F2N4O3S. The van der Waals surface area contributed by atoms with Crippen molar-refractivity contribution >= 4 is 27.0 Å². The van der Waals surface area contributed by atoms with E-state index in [1.54, 1.807) is 18.2 Å². The number of aromatic nitrogens is 2. The third kappa shape index (κ3) is 6.16. The number of alkyl halides is 2. The van der Waals surface area contributed by atoms with Crippen molar-refractivity contribution in [1.82, 2.24) is 19.2 Å². The highest BCUT2D eigenvalue weighted by molar-refractivity contribution is 7.89. The van der Waals surface area contributed by atoms with Crippen LogP contribution in [-0.4, -0.2) is 53.7 Å². The fourth-order valence-corrected chi connectivity index (χ4v) is 7.72. The number of piperidine rings is 1. The Morgan fingerprint density at radius 3 is 2.44 bits per heavy atom. The summed E-state index contributed by atoms with van der Waals surface area (Å²) in [5, 5.41) is 3.04. The van der Waals surface area contributed by atoms with E-state index in [1.165, 1.54) is 10.7 Å². The molecule has 2 saturated carbocycles. The minimum Gasteiger partial charge on any atom is -0.356 e. The van der Waals surface area contributed by atoms with Gasteiger partial charge in [-0.05, 0) is 68.6 Å². The number of nitrogens with one attached hydrogen (secondary N) is 1. The van der Waals surface area contributed by atoms with Crippen LogP contribution in [0.4, 0.5) is 8.78 Å². The molecule has 1 aliphatic heterocycles. The molecule has 10 heteroatoms. The summed E-state index contributed by atoms with van der Waals surface area (Å²) >= 11 is 0. The lowest BCUT2D eigenvalue weighted by Gasteiger charge is -2.32. The zero-order chi connectivity index (χ0) is 28.0. The molecule has 39 heavy (non-hydrogen) atoms. The minimum atomic E-state index is -3.80. The van der Waals surface area contributed by atoms with Crippen molar-refractivity contribution in [3.05, 3.63) is 24.0 Å². The standard InChI is InChI=1S/C29H42F2N4O3S/c1-28(2,3)27-33-24-16-23(9-10-25(24)35(27)18-21-11-13-29(30,31)14-12-21)39(37,38)34-15-5-8-22(19-34)26(36)32-17-20-6-4-7-20/h9-10,16,20-22H,4-8,11-15,17-19H2,1-3H3,(H,32,36)/t22-/m0/s1. The largest absolute Gasteiger partial charge is 0.356 e.